The van der Waals surface area contributed by atoms with E-state index in [9.17, 15) is 4.79 Å². The van der Waals surface area contributed by atoms with E-state index < -0.39 is 0 Å². The van der Waals surface area contributed by atoms with E-state index in [1.807, 2.05) is 47.9 Å². The molecule has 1 unspecified atom stereocenters. The molecule has 1 aromatic carbocycles. The number of benzene rings is 1. The standard InChI is InChI=1S/C21H17N3O2S/c1-4-15-11-16-20(27-15)18(14-9-7-6-8-10-14)23-13(3)19-21(22-12-24(16)19)26-17(25)5-2/h1,6-13H,5H2,2-3H3. The Balaban J connectivity index is 1.94. The highest BCUT2D eigenvalue weighted by Crippen LogP contribution is 2.38. The highest BCUT2D eigenvalue weighted by Gasteiger charge is 2.29. The minimum Gasteiger partial charge on any atom is -0.405 e. The lowest BCUT2D eigenvalue weighted by Gasteiger charge is -2.10. The first kappa shape index (κ1) is 17.3. The van der Waals surface area contributed by atoms with Gasteiger partial charge >= 0.3 is 5.97 Å². The second-order valence-corrected chi connectivity index (χ2v) is 7.17. The van der Waals surface area contributed by atoms with Crippen molar-refractivity contribution >= 4 is 23.0 Å². The van der Waals surface area contributed by atoms with Gasteiger partial charge in [-0.25, -0.2) is 4.98 Å². The number of rotatable bonds is 3. The molecule has 27 heavy (non-hydrogen) atoms. The molecule has 5 nitrogen and oxygen atoms in total. The van der Waals surface area contributed by atoms with Crippen molar-refractivity contribution in [2.75, 3.05) is 0 Å². The fraction of sp³-hybridized carbons (Fsp3) is 0.190. The Bertz CT molecular complexity index is 1090. The van der Waals surface area contributed by atoms with Crippen LogP contribution in [0.25, 0.3) is 5.69 Å². The van der Waals surface area contributed by atoms with Gasteiger partial charge in [-0.2, -0.15) is 0 Å². The molecular formula is C21H17N3O2S. The first-order valence-corrected chi connectivity index (χ1v) is 9.46. The van der Waals surface area contributed by atoms with Gasteiger partial charge in [0, 0.05) is 12.0 Å². The summed E-state index contributed by atoms with van der Waals surface area (Å²) in [6.07, 6.45) is 7.60. The van der Waals surface area contributed by atoms with E-state index in [1.54, 1.807) is 13.3 Å². The molecular weight excluding hydrogens is 358 g/mol. The van der Waals surface area contributed by atoms with E-state index in [-0.39, 0.29) is 18.4 Å². The average Bonchev–Trinajstić information content (AvgIpc) is 3.28. The highest BCUT2D eigenvalue weighted by molar-refractivity contribution is 7.15. The summed E-state index contributed by atoms with van der Waals surface area (Å²) in [4.78, 5) is 22.9. The smallest absolute Gasteiger partial charge is 0.312 e. The van der Waals surface area contributed by atoms with Crippen molar-refractivity contribution in [3.63, 3.8) is 0 Å². The van der Waals surface area contributed by atoms with E-state index in [0.29, 0.717) is 5.88 Å². The number of aliphatic imine (C=N–C) groups is 1. The van der Waals surface area contributed by atoms with Gasteiger partial charge in [0.1, 0.15) is 12.0 Å². The summed E-state index contributed by atoms with van der Waals surface area (Å²) in [6, 6.07) is 11.7. The molecule has 0 bridgehead atoms. The minimum atomic E-state index is -0.324. The Kier molecular flexibility index (Phi) is 4.38. The number of ether oxygens (including phenoxy) is 1. The largest absolute Gasteiger partial charge is 0.405 e. The lowest BCUT2D eigenvalue weighted by molar-refractivity contribution is -0.134. The molecule has 1 atom stereocenters. The lowest BCUT2D eigenvalue weighted by atomic mass is 10.1. The van der Waals surface area contributed by atoms with Crippen molar-refractivity contribution in [2.24, 2.45) is 4.99 Å². The number of carbonyl (C=O) groups is 1. The summed E-state index contributed by atoms with van der Waals surface area (Å²) >= 11 is 1.52. The number of hydrogen-bond acceptors (Lipinski definition) is 5. The predicted octanol–water partition coefficient (Wildman–Crippen LogP) is 4.14. The van der Waals surface area contributed by atoms with Crippen molar-refractivity contribution in [3.8, 4) is 23.9 Å². The number of terminal acetylenes is 1. The number of aromatic nitrogens is 2. The Labute approximate surface area is 161 Å². The Morgan fingerprint density at radius 2 is 2.15 bits per heavy atom. The number of carbonyl (C=O) groups excluding carboxylic acids is 1. The third kappa shape index (κ3) is 2.96. The maximum Gasteiger partial charge on any atom is 0.312 e. The molecule has 0 spiro atoms. The molecule has 134 valence electrons. The number of thiophene rings is 1. The molecule has 0 fully saturated rings. The molecule has 1 aliphatic heterocycles. The van der Waals surface area contributed by atoms with Crippen LogP contribution in [-0.2, 0) is 4.79 Å². The first-order valence-electron chi connectivity index (χ1n) is 8.64. The zero-order chi connectivity index (χ0) is 19.0. The van der Waals surface area contributed by atoms with Gasteiger partial charge in [0.05, 0.1) is 27.2 Å². The third-order valence-corrected chi connectivity index (χ3v) is 5.43. The van der Waals surface area contributed by atoms with Gasteiger partial charge in [0.25, 0.3) is 0 Å². The van der Waals surface area contributed by atoms with Crippen LogP contribution in [0.2, 0.25) is 0 Å². The van der Waals surface area contributed by atoms with Crippen molar-refractivity contribution in [3.05, 3.63) is 63.7 Å². The highest BCUT2D eigenvalue weighted by atomic mass is 32.1. The van der Waals surface area contributed by atoms with Gasteiger partial charge in [-0.3, -0.25) is 14.4 Å². The van der Waals surface area contributed by atoms with Crippen LogP contribution in [0.1, 0.15) is 47.3 Å². The number of fused-ring (bicyclic) bond motifs is 3. The molecule has 3 heterocycles. The molecule has 0 radical (unpaired) electrons. The van der Waals surface area contributed by atoms with Gasteiger partial charge in [0.2, 0.25) is 5.88 Å². The number of esters is 1. The molecule has 6 heteroatoms. The minimum absolute atomic E-state index is 0.240. The number of imidazole rings is 1. The normalized spacial score (nSPS) is 15.1. The SMILES string of the molecule is C#Cc1cc2c(s1)C(c1ccccc1)=NC(C)c1c(OC(=O)CC)ncn1-2. The van der Waals surface area contributed by atoms with E-state index in [1.165, 1.54) is 11.3 Å². The summed E-state index contributed by atoms with van der Waals surface area (Å²) < 4.78 is 7.37. The van der Waals surface area contributed by atoms with Crippen LogP contribution in [0.4, 0.5) is 0 Å². The van der Waals surface area contributed by atoms with E-state index >= 15 is 0 Å². The van der Waals surface area contributed by atoms with Crippen LogP contribution in [0.15, 0.2) is 47.7 Å². The average molecular weight is 375 g/mol. The zero-order valence-electron chi connectivity index (χ0n) is 15.0. The fourth-order valence-electron chi connectivity index (χ4n) is 3.09. The molecule has 4 rings (SSSR count). The molecule has 0 N–H and O–H groups in total. The van der Waals surface area contributed by atoms with Crippen molar-refractivity contribution < 1.29 is 9.53 Å². The van der Waals surface area contributed by atoms with Crippen molar-refractivity contribution in [2.45, 2.75) is 26.3 Å². The molecule has 1 aliphatic rings. The maximum atomic E-state index is 11.8. The van der Waals surface area contributed by atoms with Crippen LogP contribution >= 0.6 is 11.3 Å². The van der Waals surface area contributed by atoms with E-state index in [4.69, 9.17) is 16.2 Å². The Morgan fingerprint density at radius 3 is 2.85 bits per heavy atom. The van der Waals surface area contributed by atoms with Gasteiger partial charge in [-0.05, 0) is 13.0 Å². The summed E-state index contributed by atoms with van der Waals surface area (Å²) in [5.41, 5.74) is 3.54. The lowest BCUT2D eigenvalue weighted by Crippen LogP contribution is -2.09. The van der Waals surface area contributed by atoms with Crippen LogP contribution in [0, 0.1) is 12.3 Å². The van der Waals surface area contributed by atoms with Crippen LogP contribution in [0.3, 0.4) is 0 Å². The molecule has 0 saturated heterocycles. The van der Waals surface area contributed by atoms with Crippen molar-refractivity contribution in [1.29, 1.82) is 0 Å². The van der Waals surface area contributed by atoms with Crippen molar-refractivity contribution in [1.82, 2.24) is 9.55 Å². The molecule has 3 aromatic rings. The quantitative estimate of drug-likeness (QED) is 0.511. The second kappa shape index (κ2) is 6.86. The topological polar surface area (TPSA) is 56.5 Å². The Hall–Kier alpha value is -3.17. The third-order valence-electron chi connectivity index (χ3n) is 4.36. The van der Waals surface area contributed by atoms with E-state index in [0.717, 1.165) is 32.4 Å². The predicted molar refractivity (Wildman–Crippen MR) is 106 cm³/mol. The molecule has 0 amide bonds. The summed E-state index contributed by atoms with van der Waals surface area (Å²) in [5.74, 6) is 2.69. The van der Waals surface area contributed by atoms with Gasteiger partial charge in [-0.1, -0.05) is 43.2 Å². The number of nitrogens with zero attached hydrogens (tertiary/aromatic N) is 3. The monoisotopic (exact) mass is 375 g/mol. The summed E-state index contributed by atoms with van der Waals surface area (Å²) in [6.45, 7) is 3.72. The van der Waals surface area contributed by atoms with Crippen LogP contribution in [0.5, 0.6) is 5.88 Å². The first-order chi connectivity index (χ1) is 13.1. The second-order valence-electron chi connectivity index (χ2n) is 6.12. The fourth-order valence-corrected chi connectivity index (χ4v) is 4.07. The van der Waals surface area contributed by atoms with Gasteiger partial charge < -0.3 is 4.74 Å². The summed E-state index contributed by atoms with van der Waals surface area (Å²) in [5, 5.41) is 0. The van der Waals surface area contributed by atoms with E-state index in [2.05, 4.69) is 10.9 Å². The maximum absolute atomic E-state index is 11.8. The van der Waals surface area contributed by atoms with Crippen LogP contribution < -0.4 is 4.74 Å². The zero-order valence-corrected chi connectivity index (χ0v) is 15.8. The van der Waals surface area contributed by atoms with Crippen LogP contribution in [-0.4, -0.2) is 21.2 Å². The molecule has 2 aromatic heterocycles. The Morgan fingerprint density at radius 1 is 1.37 bits per heavy atom. The van der Waals surface area contributed by atoms with Gasteiger partial charge in [-0.15, -0.1) is 17.8 Å². The molecule has 0 saturated carbocycles. The molecule has 0 aliphatic carbocycles. The van der Waals surface area contributed by atoms with Gasteiger partial charge in [0.15, 0.2) is 0 Å². The number of hydrogen-bond donors (Lipinski definition) is 0. The summed E-state index contributed by atoms with van der Waals surface area (Å²) in [7, 11) is 0.